The second kappa shape index (κ2) is 11.3. The quantitative estimate of drug-likeness (QED) is 0.159. The van der Waals surface area contributed by atoms with Crippen molar-refractivity contribution >= 4 is 44.2 Å². The zero-order valence-electron chi connectivity index (χ0n) is 22.2. The zero-order chi connectivity index (χ0) is 30.3. The van der Waals surface area contributed by atoms with Crippen molar-refractivity contribution in [3.05, 3.63) is 58.6 Å². The van der Waals surface area contributed by atoms with E-state index >= 15 is 0 Å². The Morgan fingerprint density at radius 1 is 1.05 bits per heavy atom. The van der Waals surface area contributed by atoms with Crippen LogP contribution < -0.4 is 15.4 Å². The van der Waals surface area contributed by atoms with Crippen LogP contribution in [-0.4, -0.2) is 59.6 Å². The Balaban J connectivity index is 2.01. The molecule has 220 valence electrons. The van der Waals surface area contributed by atoms with E-state index in [9.17, 15) is 43.4 Å². The van der Waals surface area contributed by atoms with E-state index in [0.717, 1.165) is 0 Å². The van der Waals surface area contributed by atoms with Crippen LogP contribution in [0, 0.1) is 0 Å². The standard InChI is InChI=1S/C25H33ClN2O10P2/c1-16(29)24(27,12-4-5-13-25(31,39(32,33)34)40(35,36)37)23(2)15-18-14-20(38-3)10-11-21(18)28(23)22(30)17-6-8-19(26)9-7-17/h6-11,14,31H,4-5,12-13,15,27H2,1-3H3,(H2,32,33,34)(H2,35,36,37). The van der Waals surface area contributed by atoms with Gasteiger partial charge in [-0.05, 0) is 81.1 Å². The average Bonchev–Trinajstić information content (AvgIpc) is 3.17. The Morgan fingerprint density at radius 2 is 1.60 bits per heavy atom. The van der Waals surface area contributed by atoms with Crippen molar-refractivity contribution in [2.45, 2.75) is 62.1 Å². The Kier molecular flexibility index (Phi) is 9.14. The van der Waals surface area contributed by atoms with Gasteiger partial charge in [-0.15, -0.1) is 0 Å². The summed E-state index contributed by atoms with van der Waals surface area (Å²) < 4.78 is 28.8. The van der Waals surface area contributed by atoms with Crippen LogP contribution in [0.15, 0.2) is 42.5 Å². The van der Waals surface area contributed by atoms with Crippen molar-refractivity contribution in [3.63, 3.8) is 0 Å². The van der Waals surface area contributed by atoms with E-state index in [1.165, 1.54) is 18.9 Å². The average molecular weight is 619 g/mol. The van der Waals surface area contributed by atoms with Gasteiger partial charge in [0.1, 0.15) is 5.75 Å². The van der Waals surface area contributed by atoms with Crippen molar-refractivity contribution in [1.82, 2.24) is 0 Å². The lowest BCUT2D eigenvalue weighted by Crippen LogP contribution is -2.71. The Labute approximate surface area is 236 Å². The second-order valence-electron chi connectivity index (χ2n) is 10.2. The van der Waals surface area contributed by atoms with Crippen LogP contribution in [0.25, 0.3) is 0 Å². The number of carbonyl (C=O) groups is 2. The maximum absolute atomic E-state index is 13.9. The maximum Gasteiger partial charge on any atom is 0.369 e. The van der Waals surface area contributed by atoms with E-state index in [-0.39, 0.29) is 25.7 Å². The molecular formula is C25H33ClN2O10P2. The molecule has 0 saturated carbocycles. The molecule has 0 fully saturated rings. The highest BCUT2D eigenvalue weighted by atomic mass is 35.5. The molecule has 0 aliphatic carbocycles. The van der Waals surface area contributed by atoms with E-state index < -0.39 is 49.5 Å². The van der Waals surface area contributed by atoms with Crippen LogP contribution in [0.1, 0.15) is 55.5 Å². The number of anilines is 1. The molecule has 1 amide bonds. The van der Waals surface area contributed by atoms with Crippen molar-refractivity contribution in [2.24, 2.45) is 5.73 Å². The number of halogens is 1. The number of ether oxygens (including phenoxy) is 1. The van der Waals surface area contributed by atoms with Crippen LogP contribution >= 0.6 is 26.8 Å². The van der Waals surface area contributed by atoms with Crippen LogP contribution in [0.4, 0.5) is 5.69 Å². The molecule has 2 aromatic carbocycles. The molecule has 0 saturated heterocycles. The number of hydrogen-bond donors (Lipinski definition) is 6. The molecule has 0 aromatic heterocycles. The van der Waals surface area contributed by atoms with Crippen LogP contribution in [0.5, 0.6) is 5.75 Å². The predicted octanol–water partition coefficient (Wildman–Crippen LogP) is 3.16. The van der Waals surface area contributed by atoms with Crippen LogP contribution in [-0.2, 0) is 20.3 Å². The molecule has 3 rings (SSSR count). The molecule has 0 radical (unpaired) electrons. The first-order valence-corrected chi connectivity index (χ1v) is 15.8. The normalized spacial score (nSPS) is 19.2. The fourth-order valence-corrected chi connectivity index (χ4v) is 7.61. The number of ketones is 1. The van der Waals surface area contributed by atoms with Gasteiger partial charge in [-0.25, -0.2) is 0 Å². The third-order valence-electron chi connectivity index (χ3n) is 7.71. The smallest absolute Gasteiger partial charge is 0.369 e. The summed E-state index contributed by atoms with van der Waals surface area (Å²) in [5.74, 6) is -0.401. The molecular weight excluding hydrogens is 586 g/mol. The van der Waals surface area contributed by atoms with Gasteiger partial charge in [-0.2, -0.15) is 0 Å². The van der Waals surface area contributed by atoms with Crippen molar-refractivity contribution in [2.75, 3.05) is 12.0 Å². The van der Waals surface area contributed by atoms with Crippen LogP contribution in [0.2, 0.25) is 5.02 Å². The highest BCUT2D eigenvalue weighted by Gasteiger charge is 2.60. The van der Waals surface area contributed by atoms with Gasteiger partial charge in [0, 0.05) is 22.7 Å². The Morgan fingerprint density at radius 3 is 2.10 bits per heavy atom. The van der Waals surface area contributed by atoms with Gasteiger partial charge in [0.15, 0.2) is 5.78 Å². The molecule has 2 unspecified atom stereocenters. The molecule has 1 aliphatic rings. The number of carbonyl (C=O) groups excluding carboxylic acids is 2. The van der Waals surface area contributed by atoms with Gasteiger partial charge in [0.25, 0.3) is 11.0 Å². The number of hydrogen-bond acceptors (Lipinski definition) is 7. The number of nitrogens with two attached hydrogens (primary N) is 1. The highest BCUT2D eigenvalue weighted by molar-refractivity contribution is 7.72. The number of unbranched alkanes of at least 4 members (excludes halogenated alkanes) is 1. The minimum atomic E-state index is -5.63. The number of amides is 1. The molecule has 2 atom stereocenters. The summed E-state index contributed by atoms with van der Waals surface area (Å²) in [6.07, 6.45) is -1.27. The monoisotopic (exact) mass is 618 g/mol. The van der Waals surface area contributed by atoms with Crippen molar-refractivity contribution in [3.8, 4) is 5.75 Å². The van der Waals surface area contributed by atoms with E-state index in [1.54, 1.807) is 49.4 Å². The fraction of sp³-hybridized carbons (Fsp3) is 0.440. The highest BCUT2D eigenvalue weighted by Crippen LogP contribution is 2.69. The third-order valence-corrected chi connectivity index (χ3v) is 11.8. The minimum absolute atomic E-state index is 0.0589. The molecule has 15 heteroatoms. The Hall–Kier alpha value is -2.11. The fourth-order valence-electron chi connectivity index (χ4n) is 5.23. The van der Waals surface area contributed by atoms with Gasteiger partial charge in [-0.3, -0.25) is 23.6 Å². The first kappa shape index (κ1) is 32.4. The summed E-state index contributed by atoms with van der Waals surface area (Å²) in [5.41, 5.74) is 5.25. The lowest BCUT2D eigenvalue weighted by molar-refractivity contribution is -0.124. The second-order valence-corrected chi connectivity index (χ2v) is 14.6. The van der Waals surface area contributed by atoms with Gasteiger partial charge in [-0.1, -0.05) is 18.0 Å². The molecule has 2 aromatic rings. The summed E-state index contributed by atoms with van der Waals surface area (Å²) >= 11 is 6.00. The third kappa shape index (κ3) is 5.66. The number of methoxy groups -OCH3 is 1. The molecule has 1 heterocycles. The van der Waals surface area contributed by atoms with Crippen molar-refractivity contribution in [1.29, 1.82) is 0 Å². The van der Waals surface area contributed by atoms with E-state index in [4.69, 9.17) is 22.1 Å². The number of fused-ring (bicyclic) bond motifs is 1. The minimum Gasteiger partial charge on any atom is -0.497 e. The SMILES string of the molecule is COc1ccc2c(c1)CC(C)(C(N)(CCCCC(O)(P(=O)(O)O)P(=O)(O)O)C(C)=O)N2C(=O)c1ccc(Cl)cc1. The van der Waals surface area contributed by atoms with Gasteiger partial charge in [0.05, 0.1) is 18.2 Å². The Bertz CT molecular complexity index is 1370. The zero-order valence-corrected chi connectivity index (χ0v) is 24.7. The van der Waals surface area contributed by atoms with Gasteiger partial charge in [0.2, 0.25) is 0 Å². The molecule has 0 bridgehead atoms. The van der Waals surface area contributed by atoms with E-state index in [0.29, 0.717) is 27.6 Å². The number of aliphatic hydroxyl groups is 1. The number of nitrogens with zero attached hydrogens (tertiary/aromatic N) is 1. The first-order valence-electron chi connectivity index (χ1n) is 12.2. The van der Waals surface area contributed by atoms with Crippen molar-refractivity contribution < 1.29 is 48.1 Å². The maximum atomic E-state index is 13.9. The summed E-state index contributed by atoms with van der Waals surface area (Å²) in [5, 5.41) is 7.06. The van der Waals surface area contributed by atoms with Gasteiger partial charge >= 0.3 is 15.2 Å². The lowest BCUT2D eigenvalue weighted by atomic mass is 9.70. The van der Waals surface area contributed by atoms with E-state index in [2.05, 4.69) is 0 Å². The molecule has 12 nitrogen and oxygen atoms in total. The number of Topliss-reactive ketones (excluding diaryl/α,β-unsaturated/α-hetero) is 1. The lowest BCUT2D eigenvalue weighted by Gasteiger charge is -2.48. The summed E-state index contributed by atoms with van der Waals surface area (Å²) in [6.45, 7) is 2.93. The first-order chi connectivity index (χ1) is 18.3. The topological polar surface area (TPSA) is 208 Å². The van der Waals surface area contributed by atoms with E-state index in [1.807, 2.05) is 0 Å². The molecule has 0 spiro atoms. The molecule has 1 aliphatic heterocycles. The summed E-state index contributed by atoms with van der Waals surface area (Å²) in [4.78, 5) is 66.3. The molecule has 7 N–H and O–H groups in total. The number of benzene rings is 2. The number of rotatable bonds is 11. The van der Waals surface area contributed by atoms with Gasteiger partial charge < -0.3 is 35.2 Å². The molecule has 40 heavy (non-hydrogen) atoms. The summed E-state index contributed by atoms with van der Waals surface area (Å²) in [7, 11) is -9.77. The largest absolute Gasteiger partial charge is 0.497 e. The van der Waals surface area contributed by atoms with Crippen LogP contribution in [0.3, 0.4) is 0 Å². The predicted molar refractivity (Wildman–Crippen MR) is 148 cm³/mol. The summed E-state index contributed by atoms with van der Waals surface area (Å²) in [6, 6.07) is 11.3.